The van der Waals surface area contributed by atoms with Crippen LogP contribution in [0.1, 0.15) is 19.8 Å². The van der Waals surface area contributed by atoms with Gasteiger partial charge in [-0.1, -0.05) is 0 Å². The molecule has 1 aliphatic rings. The van der Waals surface area contributed by atoms with Crippen LogP contribution in [0.25, 0.3) is 0 Å². The third-order valence-electron chi connectivity index (χ3n) is 2.43. The number of carbonyl (C=O) groups is 1. The van der Waals surface area contributed by atoms with Crippen LogP contribution in [0.2, 0.25) is 0 Å². The summed E-state index contributed by atoms with van der Waals surface area (Å²) in [6.45, 7) is 2.79. The number of hydrogen-bond donors (Lipinski definition) is 2. The molecule has 0 aromatic heterocycles. The largest absolute Gasteiger partial charge is 0.464 e. The van der Waals surface area contributed by atoms with E-state index in [1.54, 1.807) is 6.92 Å². The second kappa shape index (κ2) is 4.70. The molecule has 0 aliphatic carbocycles. The van der Waals surface area contributed by atoms with Crippen molar-refractivity contribution in [3.8, 4) is 0 Å². The monoisotopic (exact) mass is 205 g/mol. The molecule has 0 aromatic rings. The average Bonchev–Trinajstić information content (AvgIpc) is 2.18. The van der Waals surface area contributed by atoms with E-state index in [-0.39, 0.29) is 19.4 Å². The Morgan fingerprint density at radius 1 is 1.64 bits per heavy atom. The molecule has 0 saturated carbocycles. The van der Waals surface area contributed by atoms with E-state index in [0.717, 1.165) is 0 Å². The zero-order valence-electron chi connectivity index (χ0n) is 8.25. The first-order valence-electron chi connectivity index (χ1n) is 4.84. The summed E-state index contributed by atoms with van der Waals surface area (Å²) in [6, 6.07) is 0. The lowest BCUT2D eigenvalue weighted by molar-refractivity contribution is -0.162. The third-order valence-corrected chi connectivity index (χ3v) is 2.43. The summed E-state index contributed by atoms with van der Waals surface area (Å²) in [5, 5.41) is 12.8. The maximum absolute atomic E-state index is 13.5. The normalized spacial score (nSPS) is 22.8. The first-order chi connectivity index (χ1) is 6.60. The molecule has 1 rings (SSSR count). The number of ether oxygens (including phenoxy) is 1. The van der Waals surface area contributed by atoms with E-state index in [0.29, 0.717) is 13.1 Å². The predicted octanol–water partition coefficient (Wildman–Crippen LogP) is 0.00210. The standard InChI is InChI=1S/C9H16FNO3/c1-2-14-8(12)7(10)9(13)3-5-11-6-4-9/h7,11,13H,2-6H2,1H3. The van der Waals surface area contributed by atoms with Crippen molar-refractivity contribution in [2.24, 2.45) is 0 Å². The van der Waals surface area contributed by atoms with Gasteiger partial charge in [0.05, 0.1) is 6.61 Å². The fourth-order valence-electron chi connectivity index (χ4n) is 1.55. The predicted molar refractivity (Wildman–Crippen MR) is 48.6 cm³/mol. The highest BCUT2D eigenvalue weighted by Crippen LogP contribution is 2.25. The lowest BCUT2D eigenvalue weighted by atomic mass is 9.87. The van der Waals surface area contributed by atoms with Crippen molar-refractivity contribution in [3.05, 3.63) is 0 Å². The number of rotatable bonds is 3. The van der Waals surface area contributed by atoms with Gasteiger partial charge in [-0.3, -0.25) is 0 Å². The van der Waals surface area contributed by atoms with E-state index in [9.17, 15) is 14.3 Å². The van der Waals surface area contributed by atoms with Gasteiger partial charge in [0.15, 0.2) is 0 Å². The van der Waals surface area contributed by atoms with Crippen LogP contribution in [0.4, 0.5) is 4.39 Å². The summed E-state index contributed by atoms with van der Waals surface area (Å²) >= 11 is 0. The third kappa shape index (κ3) is 2.42. The highest BCUT2D eigenvalue weighted by Gasteiger charge is 2.43. The zero-order chi connectivity index (χ0) is 10.6. The molecule has 1 saturated heterocycles. The number of carbonyl (C=O) groups excluding carboxylic acids is 1. The molecule has 4 nitrogen and oxygen atoms in total. The van der Waals surface area contributed by atoms with Crippen LogP contribution >= 0.6 is 0 Å². The van der Waals surface area contributed by atoms with Crippen molar-refractivity contribution in [1.82, 2.24) is 5.32 Å². The van der Waals surface area contributed by atoms with Crippen molar-refractivity contribution >= 4 is 5.97 Å². The van der Waals surface area contributed by atoms with Gasteiger partial charge >= 0.3 is 5.97 Å². The molecule has 0 radical (unpaired) electrons. The molecule has 5 heteroatoms. The number of alkyl halides is 1. The second-order valence-corrected chi connectivity index (χ2v) is 3.47. The number of esters is 1. The minimum Gasteiger partial charge on any atom is -0.464 e. The maximum Gasteiger partial charge on any atom is 0.343 e. The van der Waals surface area contributed by atoms with Gasteiger partial charge in [0.1, 0.15) is 5.60 Å². The number of nitrogens with one attached hydrogen (secondary N) is 1. The topological polar surface area (TPSA) is 58.6 Å². The highest BCUT2D eigenvalue weighted by atomic mass is 19.1. The van der Waals surface area contributed by atoms with Gasteiger partial charge in [-0.05, 0) is 32.9 Å². The Morgan fingerprint density at radius 2 is 2.21 bits per heavy atom. The van der Waals surface area contributed by atoms with E-state index in [1.807, 2.05) is 0 Å². The number of hydrogen-bond acceptors (Lipinski definition) is 4. The Hall–Kier alpha value is -0.680. The summed E-state index contributed by atoms with van der Waals surface area (Å²) in [5.41, 5.74) is -1.54. The quantitative estimate of drug-likeness (QED) is 0.637. The van der Waals surface area contributed by atoms with Gasteiger partial charge < -0.3 is 15.2 Å². The van der Waals surface area contributed by atoms with Crippen LogP contribution in [0.5, 0.6) is 0 Å². The van der Waals surface area contributed by atoms with Gasteiger partial charge in [0, 0.05) is 0 Å². The van der Waals surface area contributed by atoms with E-state index in [1.165, 1.54) is 0 Å². The van der Waals surface area contributed by atoms with Crippen molar-refractivity contribution in [2.45, 2.75) is 31.5 Å². The first-order valence-corrected chi connectivity index (χ1v) is 4.84. The summed E-state index contributed by atoms with van der Waals surface area (Å²) in [6.07, 6.45) is -1.44. The summed E-state index contributed by atoms with van der Waals surface area (Å²) in [7, 11) is 0. The molecule has 0 spiro atoms. The minimum atomic E-state index is -1.93. The number of aliphatic hydroxyl groups is 1. The first kappa shape index (κ1) is 11.4. The lowest BCUT2D eigenvalue weighted by Gasteiger charge is -2.33. The SMILES string of the molecule is CCOC(=O)C(F)C1(O)CCNCC1. The molecule has 2 N–H and O–H groups in total. The van der Waals surface area contributed by atoms with Crippen LogP contribution in [0, 0.1) is 0 Å². The van der Waals surface area contributed by atoms with Crippen molar-refractivity contribution < 1.29 is 19.0 Å². The van der Waals surface area contributed by atoms with Crippen LogP contribution in [0.15, 0.2) is 0 Å². The molecule has 14 heavy (non-hydrogen) atoms. The molecular weight excluding hydrogens is 189 g/mol. The molecular formula is C9H16FNO3. The molecule has 0 aromatic carbocycles. The molecule has 1 unspecified atom stereocenters. The summed E-state index contributed by atoms with van der Waals surface area (Å²) in [5.74, 6) is -0.961. The van der Waals surface area contributed by atoms with E-state index in [4.69, 9.17) is 0 Å². The van der Waals surface area contributed by atoms with Crippen molar-refractivity contribution in [3.63, 3.8) is 0 Å². The Bertz CT molecular complexity index is 204. The Kier molecular flexibility index (Phi) is 3.83. The zero-order valence-corrected chi connectivity index (χ0v) is 8.25. The number of halogens is 1. The lowest BCUT2D eigenvalue weighted by Crippen LogP contribution is -2.51. The van der Waals surface area contributed by atoms with Gasteiger partial charge in [-0.25, -0.2) is 9.18 Å². The van der Waals surface area contributed by atoms with E-state index < -0.39 is 17.7 Å². The molecule has 0 amide bonds. The van der Waals surface area contributed by atoms with E-state index >= 15 is 0 Å². The summed E-state index contributed by atoms with van der Waals surface area (Å²) < 4.78 is 18.0. The molecule has 1 aliphatic heterocycles. The Morgan fingerprint density at radius 3 is 2.71 bits per heavy atom. The molecule has 0 bridgehead atoms. The van der Waals surface area contributed by atoms with E-state index in [2.05, 4.69) is 10.1 Å². The molecule has 1 heterocycles. The molecule has 1 atom stereocenters. The Labute approximate surface area is 82.4 Å². The number of piperidine rings is 1. The fraction of sp³-hybridized carbons (Fsp3) is 0.889. The van der Waals surface area contributed by atoms with Gasteiger partial charge in [0.2, 0.25) is 6.17 Å². The van der Waals surface area contributed by atoms with Gasteiger partial charge in [-0.2, -0.15) is 0 Å². The highest BCUT2D eigenvalue weighted by molar-refractivity contribution is 5.76. The second-order valence-electron chi connectivity index (χ2n) is 3.47. The van der Waals surface area contributed by atoms with Crippen LogP contribution in [0.3, 0.4) is 0 Å². The van der Waals surface area contributed by atoms with Crippen LogP contribution in [-0.4, -0.2) is 42.5 Å². The summed E-state index contributed by atoms with van der Waals surface area (Å²) in [4.78, 5) is 11.1. The smallest absolute Gasteiger partial charge is 0.343 e. The van der Waals surface area contributed by atoms with Crippen molar-refractivity contribution in [1.29, 1.82) is 0 Å². The maximum atomic E-state index is 13.5. The van der Waals surface area contributed by atoms with Crippen LogP contribution in [-0.2, 0) is 9.53 Å². The fourth-order valence-corrected chi connectivity index (χ4v) is 1.55. The minimum absolute atomic E-state index is 0.133. The van der Waals surface area contributed by atoms with Gasteiger partial charge in [-0.15, -0.1) is 0 Å². The van der Waals surface area contributed by atoms with Crippen LogP contribution < -0.4 is 5.32 Å². The average molecular weight is 205 g/mol. The molecule has 82 valence electrons. The molecule has 1 fully saturated rings. The van der Waals surface area contributed by atoms with Crippen molar-refractivity contribution in [2.75, 3.05) is 19.7 Å². The van der Waals surface area contributed by atoms with Gasteiger partial charge in [0.25, 0.3) is 0 Å². The Balaban J connectivity index is 2.56.